The summed E-state index contributed by atoms with van der Waals surface area (Å²) in [6.07, 6.45) is 0.758. The van der Waals surface area contributed by atoms with Crippen LogP contribution in [-0.4, -0.2) is 24.3 Å². The molecular weight excluding hydrogens is 191 g/mol. The predicted molar refractivity (Wildman–Crippen MR) is 49.7 cm³/mol. The summed E-state index contributed by atoms with van der Waals surface area (Å²) in [6, 6.07) is 9.83. The van der Waals surface area contributed by atoms with Crippen molar-refractivity contribution in [1.29, 1.82) is 0 Å². The Hall–Kier alpha value is -0.350. The van der Waals surface area contributed by atoms with Crippen molar-refractivity contribution < 1.29 is 45.6 Å². The molecular formula is C10H13NaO3. The number of benzene rings is 1. The van der Waals surface area contributed by atoms with E-state index in [1.54, 1.807) is 0 Å². The van der Waals surface area contributed by atoms with E-state index in [4.69, 9.17) is 9.84 Å². The monoisotopic (exact) mass is 204 g/mol. The summed E-state index contributed by atoms with van der Waals surface area (Å²) in [5, 5.41) is 8.29. The van der Waals surface area contributed by atoms with E-state index in [1.807, 2.05) is 30.3 Å². The van der Waals surface area contributed by atoms with Crippen molar-refractivity contribution in [2.45, 2.75) is 6.42 Å². The van der Waals surface area contributed by atoms with Gasteiger partial charge in [-0.3, -0.25) is 0 Å². The summed E-state index contributed by atoms with van der Waals surface area (Å²) in [5.41, 5.74) is 1.16. The molecule has 1 rings (SSSR count). The fraction of sp³-hybridized carbons (Fsp3) is 0.300. The number of carbonyl (C=O) groups is 1. The van der Waals surface area contributed by atoms with Crippen LogP contribution in [-0.2, 0) is 16.0 Å². The molecule has 0 aliphatic heterocycles. The third-order valence-corrected chi connectivity index (χ3v) is 1.60. The molecule has 1 aromatic carbocycles. The van der Waals surface area contributed by atoms with E-state index in [2.05, 4.69) is 0 Å². The molecule has 0 saturated carbocycles. The van der Waals surface area contributed by atoms with Crippen LogP contribution < -0.4 is 29.6 Å². The van der Waals surface area contributed by atoms with Crippen molar-refractivity contribution in [3.05, 3.63) is 35.9 Å². The molecule has 0 bridgehead atoms. The Balaban J connectivity index is 0. The number of carboxylic acids is 1. The van der Waals surface area contributed by atoms with Crippen LogP contribution in [0.5, 0.6) is 0 Å². The number of hydrogen-bond donors (Lipinski definition) is 1. The fourth-order valence-corrected chi connectivity index (χ4v) is 0.994. The Bertz CT molecular complexity index is 267. The van der Waals surface area contributed by atoms with E-state index < -0.39 is 5.97 Å². The molecule has 0 atom stereocenters. The number of rotatable bonds is 5. The van der Waals surface area contributed by atoms with Crippen molar-refractivity contribution >= 4 is 5.97 Å². The van der Waals surface area contributed by atoms with E-state index in [9.17, 15) is 4.79 Å². The maximum absolute atomic E-state index is 10.1. The molecule has 0 aliphatic rings. The zero-order valence-corrected chi connectivity index (χ0v) is 10.3. The minimum atomic E-state index is -0.923. The van der Waals surface area contributed by atoms with Gasteiger partial charge in [0.25, 0.3) is 0 Å². The number of hydrogen-bond acceptors (Lipinski definition) is 2. The SMILES string of the molecule is O=C(O)COCCc1ccccc1.[H-].[Na+]. The molecule has 0 saturated heterocycles. The van der Waals surface area contributed by atoms with Gasteiger partial charge in [0.1, 0.15) is 6.61 Å². The molecule has 0 heterocycles. The quantitative estimate of drug-likeness (QED) is 0.466. The van der Waals surface area contributed by atoms with Crippen molar-refractivity contribution in [2.24, 2.45) is 0 Å². The molecule has 0 aliphatic carbocycles. The Labute approximate surface area is 107 Å². The van der Waals surface area contributed by atoms with Gasteiger partial charge in [0.05, 0.1) is 6.61 Å². The minimum absolute atomic E-state index is 0. The minimum Gasteiger partial charge on any atom is -1.00 e. The molecule has 0 amide bonds. The van der Waals surface area contributed by atoms with Gasteiger partial charge in [-0.2, -0.15) is 0 Å². The van der Waals surface area contributed by atoms with E-state index in [-0.39, 0.29) is 37.6 Å². The second kappa shape index (κ2) is 8.00. The third kappa shape index (κ3) is 6.16. The molecule has 14 heavy (non-hydrogen) atoms. The molecule has 0 fully saturated rings. The van der Waals surface area contributed by atoms with Gasteiger partial charge in [-0.05, 0) is 12.0 Å². The molecule has 1 aromatic rings. The van der Waals surface area contributed by atoms with E-state index in [1.165, 1.54) is 0 Å². The number of carboxylic acid groups (broad SMARTS) is 1. The van der Waals surface area contributed by atoms with Gasteiger partial charge in [-0.1, -0.05) is 30.3 Å². The first-order valence-corrected chi connectivity index (χ1v) is 4.12. The van der Waals surface area contributed by atoms with Crippen LogP contribution in [0.25, 0.3) is 0 Å². The summed E-state index contributed by atoms with van der Waals surface area (Å²) >= 11 is 0. The number of aliphatic carboxylic acids is 1. The standard InChI is InChI=1S/C10H12O3.Na.H/c11-10(12)8-13-7-6-9-4-2-1-3-5-9;;/h1-5H,6-8H2,(H,11,12);;/q;+1;-1. The molecule has 0 aromatic heterocycles. The van der Waals surface area contributed by atoms with Crippen LogP contribution in [0, 0.1) is 0 Å². The first-order valence-electron chi connectivity index (χ1n) is 4.12. The molecule has 0 radical (unpaired) electrons. The zero-order chi connectivity index (χ0) is 9.52. The van der Waals surface area contributed by atoms with Gasteiger partial charge < -0.3 is 11.3 Å². The number of ether oxygens (including phenoxy) is 1. The predicted octanol–water partition coefficient (Wildman–Crippen LogP) is -1.55. The Morgan fingerprint density at radius 3 is 2.57 bits per heavy atom. The largest absolute Gasteiger partial charge is 1.00 e. The second-order valence-corrected chi connectivity index (χ2v) is 2.68. The van der Waals surface area contributed by atoms with Crippen molar-refractivity contribution in [2.75, 3.05) is 13.2 Å². The molecule has 72 valence electrons. The molecule has 0 unspecified atom stereocenters. The Morgan fingerprint density at radius 2 is 2.00 bits per heavy atom. The average Bonchev–Trinajstić information content (AvgIpc) is 2.14. The van der Waals surface area contributed by atoms with E-state index in [0.717, 1.165) is 12.0 Å². The van der Waals surface area contributed by atoms with Gasteiger partial charge in [0.2, 0.25) is 0 Å². The molecule has 4 heteroatoms. The summed E-state index contributed by atoms with van der Waals surface area (Å²) in [5.74, 6) is -0.923. The Kier molecular flexibility index (Phi) is 7.80. The van der Waals surface area contributed by atoms with Crippen LogP contribution in [0.3, 0.4) is 0 Å². The molecule has 1 N–H and O–H groups in total. The van der Waals surface area contributed by atoms with Gasteiger partial charge in [0.15, 0.2) is 0 Å². The van der Waals surface area contributed by atoms with E-state index >= 15 is 0 Å². The van der Waals surface area contributed by atoms with Crippen LogP contribution in [0.1, 0.15) is 6.99 Å². The summed E-state index contributed by atoms with van der Waals surface area (Å²) in [4.78, 5) is 10.1. The van der Waals surface area contributed by atoms with Crippen LogP contribution in [0.2, 0.25) is 0 Å². The van der Waals surface area contributed by atoms with Crippen molar-refractivity contribution in [3.63, 3.8) is 0 Å². The van der Waals surface area contributed by atoms with Gasteiger partial charge >= 0.3 is 35.5 Å². The first-order chi connectivity index (χ1) is 6.29. The zero-order valence-electron chi connectivity index (χ0n) is 9.27. The van der Waals surface area contributed by atoms with Crippen molar-refractivity contribution in [1.82, 2.24) is 0 Å². The van der Waals surface area contributed by atoms with Crippen LogP contribution in [0.15, 0.2) is 30.3 Å². The maximum atomic E-state index is 10.1. The van der Waals surface area contributed by atoms with Crippen LogP contribution in [0.4, 0.5) is 0 Å². The third-order valence-electron chi connectivity index (χ3n) is 1.60. The van der Waals surface area contributed by atoms with Crippen molar-refractivity contribution in [3.8, 4) is 0 Å². The van der Waals surface area contributed by atoms with E-state index in [0.29, 0.717) is 6.61 Å². The van der Waals surface area contributed by atoms with Gasteiger partial charge in [-0.15, -0.1) is 0 Å². The van der Waals surface area contributed by atoms with Crippen LogP contribution >= 0.6 is 0 Å². The van der Waals surface area contributed by atoms with Gasteiger partial charge in [0, 0.05) is 0 Å². The summed E-state index contributed by atoms with van der Waals surface area (Å²) < 4.78 is 4.90. The summed E-state index contributed by atoms with van der Waals surface area (Å²) in [6.45, 7) is 0.239. The maximum Gasteiger partial charge on any atom is 1.00 e. The Morgan fingerprint density at radius 1 is 1.36 bits per heavy atom. The second-order valence-electron chi connectivity index (χ2n) is 2.68. The fourth-order valence-electron chi connectivity index (χ4n) is 0.994. The first kappa shape index (κ1) is 13.7. The summed E-state index contributed by atoms with van der Waals surface area (Å²) in [7, 11) is 0. The molecule has 3 nitrogen and oxygen atoms in total. The molecule has 0 spiro atoms. The smallest absolute Gasteiger partial charge is 1.00 e. The average molecular weight is 204 g/mol. The van der Waals surface area contributed by atoms with Gasteiger partial charge in [-0.25, -0.2) is 4.79 Å². The topological polar surface area (TPSA) is 46.5 Å². The normalized spacial score (nSPS) is 9.14.